The van der Waals surface area contributed by atoms with Crippen LogP contribution in [0.3, 0.4) is 0 Å². The van der Waals surface area contributed by atoms with Crippen molar-refractivity contribution in [2.24, 2.45) is 5.92 Å². The number of fused-ring (bicyclic) bond motifs is 1. The number of nitrogens with zero attached hydrogens (tertiary/aromatic N) is 4. The largest absolute Gasteiger partial charge is 0.438 e. The molecule has 7 nitrogen and oxygen atoms in total. The van der Waals surface area contributed by atoms with E-state index in [2.05, 4.69) is 14.5 Å². The zero-order chi connectivity index (χ0) is 18.1. The van der Waals surface area contributed by atoms with E-state index < -0.39 is 0 Å². The van der Waals surface area contributed by atoms with Crippen LogP contribution in [0, 0.1) is 12.8 Å². The maximum Gasteiger partial charge on any atom is 0.292 e. The number of hydrogen-bond donors (Lipinski definition) is 0. The number of imidazole rings is 1. The standard InChI is InChI=1S/C19H26N4O3/c1-13-17(26-12-21-13)19(24)22-7-8-23-16(10-20-18(23)14(22)2)6-9-25-11-15-4-3-5-15/h10,12,14-15H,3-9,11H2,1-2H3. The molecule has 0 spiro atoms. The first-order valence-corrected chi connectivity index (χ1v) is 9.48. The van der Waals surface area contributed by atoms with Crippen molar-refractivity contribution in [1.82, 2.24) is 19.4 Å². The molecule has 2 aromatic heterocycles. The van der Waals surface area contributed by atoms with Gasteiger partial charge in [0.15, 0.2) is 6.39 Å². The van der Waals surface area contributed by atoms with Gasteiger partial charge in [0.25, 0.3) is 5.91 Å². The third-order valence-electron chi connectivity index (χ3n) is 5.66. The van der Waals surface area contributed by atoms with Gasteiger partial charge in [-0.25, -0.2) is 9.97 Å². The minimum atomic E-state index is -0.118. The number of amides is 1. The summed E-state index contributed by atoms with van der Waals surface area (Å²) in [6.07, 6.45) is 8.08. The molecule has 1 aliphatic heterocycles. The molecule has 7 heteroatoms. The van der Waals surface area contributed by atoms with E-state index in [-0.39, 0.29) is 11.9 Å². The lowest BCUT2D eigenvalue weighted by atomic mass is 9.86. The fraction of sp³-hybridized carbons (Fsp3) is 0.632. The smallest absolute Gasteiger partial charge is 0.292 e. The number of rotatable bonds is 6. The van der Waals surface area contributed by atoms with E-state index in [4.69, 9.17) is 9.15 Å². The van der Waals surface area contributed by atoms with Crippen molar-refractivity contribution < 1.29 is 13.9 Å². The van der Waals surface area contributed by atoms with Gasteiger partial charge in [-0.1, -0.05) is 6.42 Å². The number of carbonyl (C=O) groups excluding carboxylic acids is 1. The van der Waals surface area contributed by atoms with Gasteiger partial charge in [0.1, 0.15) is 5.82 Å². The quantitative estimate of drug-likeness (QED) is 0.743. The molecule has 0 aromatic carbocycles. The van der Waals surface area contributed by atoms with Gasteiger partial charge in [0.2, 0.25) is 5.76 Å². The van der Waals surface area contributed by atoms with Crippen LogP contribution in [0.15, 0.2) is 17.0 Å². The predicted octanol–water partition coefficient (Wildman–Crippen LogP) is 2.76. The Hall–Kier alpha value is -2.15. The molecule has 1 amide bonds. The molecule has 3 heterocycles. The molecule has 2 aromatic rings. The molecular weight excluding hydrogens is 332 g/mol. The number of oxazole rings is 1. The van der Waals surface area contributed by atoms with Crippen LogP contribution in [-0.2, 0) is 17.7 Å². The van der Waals surface area contributed by atoms with Crippen LogP contribution in [0.2, 0.25) is 0 Å². The highest BCUT2D eigenvalue weighted by Gasteiger charge is 2.32. The Morgan fingerprint density at radius 3 is 2.88 bits per heavy atom. The summed E-state index contributed by atoms with van der Waals surface area (Å²) >= 11 is 0. The second-order valence-corrected chi connectivity index (χ2v) is 7.32. The van der Waals surface area contributed by atoms with Gasteiger partial charge in [-0.2, -0.15) is 0 Å². The molecule has 1 fully saturated rings. The summed E-state index contributed by atoms with van der Waals surface area (Å²) in [5.74, 6) is 1.90. The minimum absolute atomic E-state index is 0.0922. The molecule has 4 rings (SSSR count). The Bertz CT molecular complexity index is 778. The summed E-state index contributed by atoms with van der Waals surface area (Å²) < 4.78 is 13.3. The van der Waals surface area contributed by atoms with Gasteiger partial charge in [-0.15, -0.1) is 0 Å². The van der Waals surface area contributed by atoms with Crippen LogP contribution in [0.4, 0.5) is 0 Å². The van der Waals surface area contributed by atoms with Crippen molar-refractivity contribution in [3.05, 3.63) is 35.6 Å². The lowest BCUT2D eigenvalue weighted by molar-refractivity contribution is 0.0596. The third kappa shape index (κ3) is 3.16. The van der Waals surface area contributed by atoms with E-state index in [9.17, 15) is 4.79 Å². The molecule has 0 bridgehead atoms. The molecule has 0 radical (unpaired) electrons. The first-order chi connectivity index (χ1) is 12.6. The topological polar surface area (TPSA) is 73.4 Å². The van der Waals surface area contributed by atoms with Gasteiger partial charge >= 0.3 is 0 Å². The molecule has 0 N–H and O–H groups in total. The zero-order valence-electron chi connectivity index (χ0n) is 15.5. The summed E-state index contributed by atoms with van der Waals surface area (Å²) in [7, 11) is 0. The van der Waals surface area contributed by atoms with Crippen molar-refractivity contribution >= 4 is 5.91 Å². The monoisotopic (exact) mass is 358 g/mol. The van der Waals surface area contributed by atoms with E-state index in [0.29, 0.717) is 18.0 Å². The first-order valence-electron chi connectivity index (χ1n) is 9.48. The van der Waals surface area contributed by atoms with E-state index in [0.717, 1.165) is 37.9 Å². The van der Waals surface area contributed by atoms with E-state index in [1.807, 2.05) is 18.0 Å². The molecule has 2 aliphatic rings. The zero-order valence-corrected chi connectivity index (χ0v) is 15.5. The summed E-state index contributed by atoms with van der Waals surface area (Å²) in [5, 5.41) is 0. The fourth-order valence-electron chi connectivity index (χ4n) is 3.76. The normalized spacial score (nSPS) is 20.1. The summed E-state index contributed by atoms with van der Waals surface area (Å²) in [5.41, 5.74) is 1.81. The van der Waals surface area contributed by atoms with Gasteiger partial charge in [0.05, 0.1) is 18.3 Å². The number of hydrogen-bond acceptors (Lipinski definition) is 5. The van der Waals surface area contributed by atoms with Gasteiger partial charge < -0.3 is 18.6 Å². The van der Waals surface area contributed by atoms with Crippen molar-refractivity contribution in [2.75, 3.05) is 19.8 Å². The van der Waals surface area contributed by atoms with Crippen LogP contribution in [0.5, 0.6) is 0 Å². The molecule has 1 unspecified atom stereocenters. The van der Waals surface area contributed by atoms with Crippen LogP contribution in [-0.4, -0.2) is 45.1 Å². The molecule has 0 saturated heterocycles. The number of aromatic nitrogens is 3. The minimum Gasteiger partial charge on any atom is -0.438 e. The highest BCUT2D eigenvalue weighted by molar-refractivity contribution is 5.92. The molecule has 1 atom stereocenters. The van der Waals surface area contributed by atoms with E-state index >= 15 is 0 Å². The Morgan fingerprint density at radius 2 is 2.19 bits per heavy atom. The first kappa shape index (κ1) is 17.3. The molecular formula is C19H26N4O3. The van der Waals surface area contributed by atoms with E-state index in [1.165, 1.54) is 31.4 Å². The summed E-state index contributed by atoms with van der Waals surface area (Å²) in [4.78, 5) is 23.2. The molecule has 1 aliphatic carbocycles. The van der Waals surface area contributed by atoms with Crippen molar-refractivity contribution in [2.45, 2.75) is 52.1 Å². The number of aryl methyl sites for hydroxylation is 1. The fourth-order valence-corrected chi connectivity index (χ4v) is 3.76. The lowest BCUT2D eigenvalue weighted by Crippen LogP contribution is -2.41. The SMILES string of the molecule is Cc1ncoc1C(=O)N1CCn2c(CCOCC3CCC3)cnc2C1C. The Labute approximate surface area is 153 Å². The lowest BCUT2D eigenvalue weighted by Gasteiger charge is -2.34. The molecule has 140 valence electrons. The van der Waals surface area contributed by atoms with Gasteiger partial charge in [-0.3, -0.25) is 4.79 Å². The average molecular weight is 358 g/mol. The van der Waals surface area contributed by atoms with Crippen LogP contribution in [0.25, 0.3) is 0 Å². The number of carbonyl (C=O) groups is 1. The average Bonchev–Trinajstić information content (AvgIpc) is 3.19. The maximum atomic E-state index is 12.8. The summed E-state index contributed by atoms with van der Waals surface area (Å²) in [6, 6.07) is -0.0922. The second-order valence-electron chi connectivity index (χ2n) is 7.32. The van der Waals surface area contributed by atoms with Gasteiger partial charge in [0, 0.05) is 38.0 Å². The van der Waals surface area contributed by atoms with Crippen molar-refractivity contribution in [3.8, 4) is 0 Å². The number of ether oxygens (including phenoxy) is 1. The third-order valence-corrected chi connectivity index (χ3v) is 5.66. The van der Waals surface area contributed by atoms with Gasteiger partial charge in [-0.05, 0) is 32.6 Å². The summed E-state index contributed by atoms with van der Waals surface area (Å²) in [6.45, 7) is 6.80. The highest BCUT2D eigenvalue weighted by atomic mass is 16.5. The Kier molecular flexibility index (Phi) is 4.80. The highest BCUT2D eigenvalue weighted by Crippen LogP contribution is 2.28. The van der Waals surface area contributed by atoms with Crippen LogP contribution >= 0.6 is 0 Å². The van der Waals surface area contributed by atoms with Crippen molar-refractivity contribution in [1.29, 1.82) is 0 Å². The Balaban J connectivity index is 1.39. The second kappa shape index (κ2) is 7.23. The molecule has 26 heavy (non-hydrogen) atoms. The predicted molar refractivity (Wildman–Crippen MR) is 94.8 cm³/mol. The van der Waals surface area contributed by atoms with E-state index in [1.54, 1.807) is 6.92 Å². The molecule has 1 saturated carbocycles. The van der Waals surface area contributed by atoms with Crippen molar-refractivity contribution in [3.63, 3.8) is 0 Å². The van der Waals surface area contributed by atoms with Crippen LogP contribution in [0.1, 0.15) is 60.0 Å². The maximum absolute atomic E-state index is 12.8. The van der Waals surface area contributed by atoms with Crippen LogP contribution < -0.4 is 0 Å². The Morgan fingerprint density at radius 1 is 1.35 bits per heavy atom.